The van der Waals surface area contributed by atoms with Crippen LogP contribution in [0.15, 0.2) is 24.8 Å². The molecular weight excluding hydrogens is 164 g/mol. The first-order valence-electron chi connectivity index (χ1n) is 4.77. The third kappa shape index (κ3) is 1.67. The van der Waals surface area contributed by atoms with Crippen LogP contribution in [-0.2, 0) is 9.53 Å². The molecule has 70 valence electrons. The van der Waals surface area contributed by atoms with Crippen molar-refractivity contribution in [3.05, 3.63) is 24.8 Å². The summed E-state index contributed by atoms with van der Waals surface area (Å²) in [5.41, 5.74) is 0. The number of fused-ring (bicyclic) bond motifs is 2. The molecule has 2 aliphatic carbocycles. The number of esters is 1. The fourth-order valence-corrected chi connectivity index (χ4v) is 2.33. The van der Waals surface area contributed by atoms with Gasteiger partial charge in [0.25, 0.3) is 0 Å². The SMILES string of the molecule is C=CC(=O)OC[C@@H]1C[C@H]2C=C[C@H]1C2. The second-order valence-electron chi connectivity index (χ2n) is 3.87. The maximum Gasteiger partial charge on any atom is 0.330 e. The standard InChI is InChI=1S/C11H14O2/c1-2-11(12)13-7-10-6-8-3-4-9(10)5-8/h2-4,8-10H,1,5-7H2/t8-,9-,10-/m0/s1. The van der Waals surface area contributed by atoms with E-state index in [9.17, 15) is 4.79 Å². The molecule has 0 radical (unpaired) electrons. The first-order valence-corrected chi connectivity index (χ1v) is 4.77. The quantitative estimate of drug-likeness (QED) is 0.375. The highest BCUT2D eigenvalue weighted by Gasteiger charge is 2.35. The molecule has 1 fully saturated rings. The van der Waals surface area contributed by atoms with Crippen molar-refractivity contribution in [1.29, 1.82) is 0 Å². The molecule has 0 saturated heterocycles. The van der Waals surface area contributed by atoms with Crippen molar-refractivity contribution in [1.82, 2.24) is 0 Å². The summed E-state index contributed by atoms with van der Waals surface area (Å²) >= 11 is 0. The minimum absolute atomic E-state index is 0.299. The highest BCUT2D eigenvalue weighted by Crippen LogP contribution is 2.43. The van der Waals surface area contributed by atoms with Gasteiger partial charge in [0.1, 0.15) is 0 Å². The maximum absolute atomic E-state index is 10.8. The van der Waals surface area contributed by atoms with Crippen LogP contribution in [0.5, 0.6) is 0 Å². The number of carbonyl (C=O) groups excluding carboxylic acids is 1. The van der Waals surface area contributed by atoms with Crippen molar-refractivity contribution in [3.8, 4) is 0 Å². The van der Waals surface area contributed by atoms with E-state index < -0.39 is 0 Å². The Labute approximate surface area is 78.3 Å². The summed E-state index contributed by atoms with van der Waals surface area (Å²) in [6, 6.07) is 0. The molecule has 3 atom stereocenters. The van der Waals surface area contributed by atoms with Crippen LogP contribution in [0.4, 0.5) is 0 Å². The zero-order valence-corrected chi connectivity index (χ0v) is 7.61. The second kappa shape index (κ2) is 3.36. The largest absolute Gasteiger partial charge is 0.462 e. The topological polar surface area (TPSA) is 26.3 Å². The van der Waals surface area contributed by atoms with Crippen molar-refractivity contribution in [2.45, 2.75) is 12.8 Å². The molecule has 2 bridgehead atoms. The van der Waals surface area contributed by atoms with Crippen LogP contribution >= 0.6 is 0 Å². The van der Waals surface area contributed by atoms with Crippen molar-refractivity contribution < 1.29 is 9.53 Å². The molecule has 2 heteroatoms. The van der Waals surface area contributed by atoms with Crippen molar-refractivity contribution in [3.63, 3.8) is 0 Å². The van der Waals surface area contributed by atoms with Gasteiger partial charge in [0.2, 0.25) is 0 Å². The number of hydrogen-bond acceptors (Lipinski definition) is 2. The van der Waals surface area contributed by atoms with Gasteiger partial charge < -0.3 is 4.74 Å². The predicted octanol–water partition coefficient (Wildman–Crippen LogP) is 1.93. The number of rotatable bonds is 3. The molecule has 0 N–H and O–H groups in total. The molecule has 1 saturated carbocycles. The summed E-state index contributed by atoms with van der Waals surface area (Å²) in [7, 11) is 0. The highest BCUT2D eigenvalue weighted by molar-refractivity contribution is 5.81. The highest BCUT2D eigenvalue weighted by atomic mass is 16.5. The zero-order valence-electron chi connectivity index (χ0n) is 7.61. The third-order valence-corrected chi connectivity index (χ3v) is 3.02. The van der Waals surface area contributed by atoms with Crippen LogP contribution in [0.1, 0.15) is 12.8 Å². The Morgan fingerprint density at radius 1 is 1.54 bits per heavy atom. The fourth-order valence-electron chi connectivity index (χ4n) is 2.33. The molecule has 0 amide bonds. The van der Waals surface area contributed by atoms with Crippen LogP contribution in [0, 0.1) is 17.8 Å². The summed E-state index contributed by atoms with van der Waals surface area (Å²) in [6.07, 6.45) is 8.22. The van der Waals surface area contributed by atoms with E-state index in [0.717, 1.165) is 5.92 Å². The number of ether oxygens (including phenoxy) is 1. The molecule has 2 aliphatic rings. The van der Waals surface area contributed by atoms with E-state index in [1.807, 2.05) is 0 Å². The Morgan fingerprint density at radius 3 is 2.92 bits per heavy atom. The average Bonchev–Trinajstić information content (AvgIpc) is 2.74. The number of carbonyl (C=O) groups is 1. The first-order chi connectivity index (χ1) is 6.29. The maximum atomic E-state index is 10.8. The summed E-state index contributed by atoms with van der Waals surface area (Å²) in [5, 5.41) is 0. The van der Waals surface area contributed by atoms with Gasteiger partial charge in [0.15, 0.2) is 0 Å². The average molecular weight is 178 g/mol. The predicted molar refractivity (Wildman–Crippen MR) is 50.0 cm³/mol. The van der Waals surface area contributed by atoms with Crippen LogP contribution in [0.2, 0.25) is 0 Å². The molecule has 2 rings (SSSR count). The second-order valence-corrected chi connectivity index (χ2v) is 3.87. The molecule has 0 aromatic carbocycles. The van der Waals surface area contributed by atoms with Crippen LogP contribution < -0.4 is 0 Å². The van der Waals surface area contributed by atoms with Crippen molar-refractivity contribution in [2.24, 2.45) is 17.8 Å². The molecule has 0 heterocycles. The van der Waals surface area contributed by atoms with Gasteiger partial charge in [-0.05, 0) is 30.6 Å². The molecule has 0 aromatic heterocycles. The smallest absolute Gasteiger partial charge is 0.330 e. The summed E-state index contributed by atoms with van der Waals surface area (Å²) in [4.78, 5) is 10.8. The monoisotopic (exact) mass is 178 g/mol. The summed E-state index contributed by atoms with van der Waals surface area (Å²) in [5.74, 6) is 1.66. The van der Waals surface area contributed by atoms with Crippen molar-refractivity contribution >= 4 is 5.97 Å². The van der Waals surface area contributed by atoms with E-state index in [2.05, 4.69) is 18.7 Å². The zero-order chi connectivity index (χ0) is 9.26. The van der Waals surface area contributed by atoms with Gasteiger partial charge in [-0.3, -0.25) is 0 Å². The molecular formula is C11H14O2. The van der Waals surface area contributed by atoms with Gasteiger partial charge in [-0.2, -0.15) is 0 Å². The van der Waals surface area contributed by atoms with Gasteiger partial charge in [-0.1, -0.05) is 18.7 Å². The molecule has 0 aromatic rings. The number of hydrogen-bond donors (Lipinski definition) is 0. The Bertz CT molecular complexity index is 255. The lowest BCUT2D eigenvalue weighted by atomic mass is 9.95. The number of allylic oxidation sites excluding steroid dienone is 2. The van der Waals surface area contributed by atoms with Crippen molar-refractivity contribution in [2.75, 3.05) is 6.61 Å². The summed E-state index contributed by atoms with van der Waals surface area (Å²) in [6.45, 7) is 3.93. The van der Waals surface area contributed by atoms with Gasteiger partial charge in [0, 0.05) is 6.08 Å². The Balaban J connectivity index is 1.81. The molecule has 0 spiro atoms. The van der Waals surface area contributed by atoms with E-state index in [4.69, 9.17) is 4.74 Å². The fraction of sp³-hybridized carbons (Fsp3) is 0.545. The Kier molecular flexibility index (Phi) is 2.21. The molecule has 0 aliphatic heterocycles. The molecule has 0 unspecified atom stereocenters. The minimum Gasteiger partial charge on any atom is -0.462 e. The van der Waals surface area contributed by atoms with Gasteiger partial charge in [-0.15, -0.1) is 0 Å². The van der Waals surface area contributed by atoms with Crippen LogP contribution in [0.3, 0.4) is 0 Å². The van der Waals surface area contributed by atoms with E-state index in [-0.39, 0.29) is 5.97 Å². The van der Waals surface area contributed by atoms with E-state index >= 15 is 0 Å². The lowest BCUT2D eigenvalue weighted by Crippen LogP contribution is -2.16. The molecule has 2 nitrogen and oxygen atoms in total. The normalized spacial score (nSPS) is 34.9. The van der Waals surface area contributed by atoms with Crippen LogP contribution in [0.25, 0.3) is 0 Å². The lowest BCUT2D eigenvalue weighted by molar-refractivity contribution is -0.139. The van der Waals surface area contributed by atoms with Gasteiger partial charge >= 0.3 is 5.97 Å². The Hall–Kier alpha value is -1.05. The van der Waals surface area contributed by atoms with Crippen LogP contribution in [-0.4, -0.2) is 12.6 Å². The van der Waals surface area contributed by atoms with E-state index in [1.54, 1.807) is 0 Å². The lowest BCUT2D eigenvalue weighted by Gasteiger charge is -2.16. The third-order valence-electron chi connectivity index (χ3n) is 3.02. The van der Waals surface area contributed by atoms with Gasteiger partial charge in [-0.25, -0.2) is 4.79 Å². The minimum atomic E-state index is -0.299. The molecule has 13 heavy (non-hydrogen) atoms. The van der Waals surface area contributed by atoms with Gasteiger partial charge in [0.05, 0.1) is 6.61 Å². The first kappa shape index (κ1) is 8.54. The van der Waals surface area contributed by atoms with E-state index in [0.29, 0.717) is 18.4 Å². The summed E-state index contributed by atoms with van der Waals surface area (Å²) < 4.78 is 5.04. The Morgan fingerprint density at radius 2 is 2.38 bits per heavy atom. The van der Waals surface area contributed by atoms with E-state index in [1.165, 1.54) is 18.9 Å².